The molecule has 114 valence electrons. The lowest BCUT2D eigenvalue weighted by Gasteiger charge is -2.30. The van der Waals surface area contributed by atoms with E-state index in [1.54, 1.807) is 29.2 Å². The Kier molecular flexibility index (Phi) is 5.44. The Morgan fingerprint density at radius 2 is 2.24 bits per heavy atom. The number of benzene rings is 1. The molecule has 1 unspecified atom stereocenters. The Hall–Kier alpha value is -1.75. The number of carboxylic acids is 1. The minimum atomic E-state index is -0.831. The number of aliphatic carboxylic acids is 1. The Labute approximate surface area is 128 Å². The van der Waals surface area contributed by atoms with E-state index in [9.17, 15) is 9.59 Å². The van der Waals surface area contributed by atoms with Crippen LogP contribution < -0.4 is 4.74 Å². The quantitative estimate of drug-likeness (QED) is 0.907. The summed E-state index contributed by atoms with van der Waals surface area (Å²) in [6.45, 7) is 1.18. The highest BCUT2D eigenvalue weighted by molar-refractivity contribution is 6.30. The number of hydrogen-bond donors (Lipinski definition) is 1. The zero-order valence-electron chi connectivity index (χ0n) is 11.6. The van der Waals surface area contributed by atoms with E-state index in [0.717, 1.165) is 6.42 Å². The number of ether oxygens (including phenoxy) is 1. The average Bonchev–Trinajstić information content (AvgIpc) is 2.47. The number of amides is 1. The molecule has 0 spiro atoms. The third-order valence-electron chi connectivity index (χ3n) is 3.50. The van der Waals surface area contributed by atoms with Gasteiger partial charge in [-0.25, -0.2) is 0 Å². The van der Waals surface area contributed by atoms with Crippen LogP contribution in [-0.4, -0.2) is 41.6 Å². The second-order valence-corrected chi connectivity index (χ2v) is 5.51. The van der Waals surface area contributed by atoms with Crippen LogP contribution >= 0.6 is 11.6 Å². The van der Waals surface area contributed by atoms with E-state index in [1.165, 1.54) is 0 Å². The van der Waals surface area contributed by atoms with Crippen molar-refractivity contribution in [2.75, 3.05) is 19.7 Å². The molecule has 1 aliphatic heterocycles. The first-order chi connectivity index (χ1) is 10.1. The molecule has 5 nitrogen and oxygen atoms in total. The molecule has 0 radical (unpaired) electrons. The number of rotatable bonds is 5. The summed E-state index contributed by atoms with van der Waals surface area (Å²) in [6, 6.07) is 6.99. The molecule has 1 amide bonds. The summed E-state index contributed by atoms with van der Waals surface area (Å²) in [5, 5.41) is 9.60. The second-order valence-electron chi connectivity index (χ2n) is 5.07. The van der Waals surface area contributed by atoms with Gasteiger partial charge in [0.15, 0.2) is 0 Å². The second kappa shape index (κ2) is 7.31. The predicted molar refractivity (Wildman–Crippen MR) is 78.5 cm³/mol. The molecule has 1 aromatic rings. The van der Waals surface area contributed by atoms with E-state index in [2.05, 4.69) is 0 Å². The number of hydrogen-bond acceptors (Lipinski definition) is 3. The molecule has 1 saturated heterocycles. The van der Waals surface area contributed by atoms with Crippen molar-refractivity contribution in [2.45, 2.75) is 19.3 Å². The molecule has 1 aliphatic rings. The summed E-state index contributed by atoms with van der Waals surface area (Å²) >= 11 is 5.84. The van der Waals surface area contributed by atoms with Crippen molar-refractivity contribution >= 4 is 23.5 Å². The standard InChI is InChI=1S/C15H18ClNO4/c16-12-4-1-5-13(9-12)21-8-6-14(18)17-7-2-3-11(10-17)15(19)20/h1,4-5,9,11H,2-3,6-8,10H2,(H,19,20). The molecule has 21 heavy (non-hydrogen) atoms. The van der Waals surface area contributed by atoms with Crippen LogP contribution in [0.4, 0.5) is 0 Å². The Bertz CT molecular complexity index is 520. The highest BCUT2D eigenvalue weighted by Crippen LogP contribution is 2.19. The summed E-state index contributed by atoms with van der Waals surface area (Å²) in [6.07, 6.45) is 1.61. The van der Waals surface area contributed by atoms with Gasteiger partial charge in [0, 0.05) is 18.1 Å². The molecule has 0 aromatic heterocycles. The molecule has 1 fully saturated rings. The third kappa shape index (κ3) is 4.63. The van der Waals surface area contributed by atoms with Crippen molar-refractivity contribution in [2.24, 2.45) is 5.92 Å². The zero-order valence-corrected chi connectivity index (χ0v) is 12.4. The summed E-state index contributed by atoms with van der Waals surface area (Å²) in [4.78, 5) is 24.6. The predicted octanol–water partition coefficient (Wildman–Crippen LogP) is 2.43. The summed E-state index contributed by atoms with van der Waals surface area (Å²) < 4.78 is 5.47. The molecule has 1 aromatic carbocycles. The van der Waals surface area contributed by atoms with E-state index >= 15 is 0 Å². The lowest BCUT2D eigenvalue weighted by molar-refractivity contribution is -0.145. The Balaban J connectivity index is 1.78. The molecule has 1 N–H and O–H groups in total. The van der Waals surface area contributed by atoms with E-state index in [-0.39, 0.29) is 18.9 Å². The number of halogens is 1. The number of piperidine rings is 1. The molecule has 1 heterocycles. The van der Waals surface area contributed by atoms with Crippen molar-refractivity contribution < 1.29 is 19.4 Å². The number of likely N-dealkylation sites (tertiary alicyclic amines) is 1. The maximum atomic E-state index is 12.1. The van der Waals surface area contributed by atoms with Crippen molar-refractivity contribution in [1.82, 2.24) is 4.90 Å². The number of nitrogens with zero attached hydrogens (tertiary/aromatic N) is 1. The Morgan fingerprint density at radius 3 is 2.95 bits per heavy atom. The largest absolute Gasteiger partial charge is 0.493 e. The minimum absolute atomic E-state index is 0.0667. The van der Waals surface area contributed by atoms with Crippen LogP contribution in [0.1, 0.15) is 19.3 Å². The molecular weight excluding hydrogens is 294 g/mol. The van der Waals surface area contributed by atoms with Gasteiger partial charge in [-0.15, -0.1) is 0 Å². The van der Waals surface area contributed by atoms with Crippen molar-refractivity contribution in [3.63, 3.8) is 0 Å². The minimum Gasteiger partial charge on any atom is -0.493 e. The molecule has 1 atom stereocenters. The lowest BCUT2D eigenvalue weighted by atomic mass is 9.98. The first-order valence-corrected chi connectivity index (χ1v) is 7.33. The van der Waals surface area contributed by atoms with Gasteiger partial charge in [-0.3, -0.25) is 9.59 Å². The van der Waals surface area contributed by atoms with Crippen LogP contribution in [0.25, 0.3) is 0 Å². The molecule has 0 saturated carbocycles. The fourth-order valence-electron chi connectivity index (χ4n) is 2.38. The van der Waals surface area contributed by atoms with E-state index in [0.29, 0.717) is 30.3 Å². The molecular formula is C15H18ClNO4. The fourth-order valence-corrected chi connectivity index (χ4v) is 2.56. The van der Waals surface area contributed by atoms with Gasteiger partial charge < -0.3 is 14.7 Å². The zero-order chi connectivity index (χ0) is 15.2. The maximum absolute atomic E-state index is 12.1. The smallest absolute Gasteiger partial charge is 0.308 e. The van der Waals surface area contributed by atoms with Crippen LogP contribution in [0.5, 0.6) is 5.75 Å². The van der Waals surface area contributed by atoms with Crippen LogP contribution in [0, 0.1) is 5.92 Å². The van der Waals surface area contributed by atoms with Crippen LogP contribution in [0.3, 0.4) is 0 Å². The summed E-state index contributed by atoms with van der Waals surface area (Å²) in [7, 11) is 0. The van der Waals surface area contributed by atoms with Gasteiger partial charge in [0.1, 0.15) is 5.75 Å². The van der Waals surface area contributed by atoms with Gasteiger partial charge in [0.25, 0.3) is 0 Å². The van der Waals surface area contributed by atoms with Crippen molar-refractivity contribution in [3.8, 4) is 5.75 Å². The van der Waals surface area contributed by atoms with Crippen molar-refractivity contribution in [1.29, 1.82) is 0 Å². The lowest BCUT2D eigenvalue weighted by Crippen LogP contribution is -2.42. The monoisotopic (exact) mass is 311 g/mol. The summed E-state index contributed by atoms with van der Waals surface area (Å²) in [5.41, 5.74) is 0. The highest BCUT2D eigenvalue weighted by Gasteiger charge is 2.27. The van der Waals surface area contributed by atoms with E-state index in [4.69, 9.17) is 21.4 Å². The van der Waals surface area contributed by atoms with Crippen LogP contribution in [0.2, 0.25) is 5.02 Å². The number of carbonyl (C=O) groups excluding carboxylic acids is 1. The molecule has 0 bridgehead atoms. The van der Waals surface area contributed by atoms with E-state index in [1.807, 2.05) is 0 Å². The van der Waals surface area contributed by atoms with Gasteiger partial charge in [0.05, 0.1) is 18.9 Å². The molecule has 0 aliphatic carbocycles. The van der Waals surface area contributed by atoms with Gasteiger partial charge in [-0.2, -0.15) is 0 Å². The highest BCUT2D eigenvalue weighted by atomic mass is 35.5. The first kappa shape index (κ1) is 15.6. The first-order valence-electron chi connectivity index (χ1n) is 6.95. The summed E-state index contributed by atoms with van der Waals surface area (Å²) in [5.74, 6) is -0.723. The molecule has 6 heteroatoms. The maximum Gasteiger partial charge on any atom is 0.308 e. The van der Waals surface area contributed by atoms with Crippen LogP contribution in [0.15, 0.2) is 24.3 Å². The van der Waals surface area contributed by atoms with Gasteiger partial charge >= 0.3 is 5.97 Å². The van der Waals surface area contributed by atoms with Crippen molar-refractivity contribution in [3.05, 3.63) is 29.3 Å². The van der Waals surface area contributed by atoms with Gasteiger partial charge in [0.2, 0.25) is 5.91 Å². The number of carboxylic acid groups (broad SMARTS) is 1. The van der Waals surface area contributed by atoms with E-state index < -0.39 is 11.9 Å². The average molecular weight is 312 g/mol. The fraction of sp³-hybridized carbons (Fsp3) is 0.467. The normalized spacial score (nSPS) is 18.3. The third-order valence-corrected chi connectivity index (χ3v) is 3.74. The Morgan fingerprint density at radius 1 is 1.43 bits per heavy atom. The SMILES string of the molecule is O=C(O)C1CCCN(C(=O)CCOc2cccc(Cl)c2)C1. The number of carbonyl (C=O) groups is 2. The molecule has 2 rings (SSSR count). The van der Waals surface area contributed by atoms with Crippen LogP contribution in [-0.2, 0) is 9.59 Å². The topological polar surface area (TPSA) is 66.8 Å². The van der Waals surface area contributed by atoms with Gasteiger partial charge in [-0.1, -0.05) is 17.7 Å². The van der Waals surface area contributed by atoms with Gasteiger partial charge in [-0.05, 0) is 31.0 Å².